The van der Waals surface area contributed by atoms with Crippen molar-refractivity contribution < 1.29 is 4.74 Å². The summed E-state index contributed by atoms with van der Waals surface area (Å²) in [5, 5.41) is 7.45. The molecule has 1 aliphatic rings. The highest BCUT2D eigenvalue weighted by Gasteiger charge is 2.24. The van der Waals surface area contributed by atoms with E-state index in [1.807, 2.05) is 6.07 Å². The monoisotopic (exact) mass is 739 g/mol. The summed E-state index contributed by atoms with van der Waals surface area (Å²) in [5.74, 6) is 1.76. The third kappa shape index (κ3) is 4.40. The second-order valence-corrected chi connectivity index (χ2v) is 15.3. The molecular weight excluding hydrogens is 707 g/mol. The van der Waals surface area contributed by atoms with Gasteiger partial charge in [0.1, 0.15) is 0 Å². The largest absolute Gasteiger partial charge is 0.453 e. The van der Waals surface area contributed by atoms with E-state index in [2.05, 4.69) is 208 Å². The smallest absolute Gasteiger partial charge is 0.152 e. The minimum Gasteiger partial charge on any atom is -0.453 e. The molecule has 0 unspecified atom stereocenters. The van der Waals surface area contributed by atoms with E-state index in [9.17, 15) is 0 Å². The minimum atomic E-state index is 0.874. The fourth-order valence-corrected chi connectivity index (χ4v) is 9.64. The molecule has 0 bridgehead atoms. The van der Waals surface area contributed by atoms with E-state index < -0.39 is 0 Å². The number of nitrogens with zero attached hydrogens (tertiary/aromatic N) is 3. The Morgan fingerprint density at radius 3 is 1.36 bits per heavy atom. The van der Waals surface area contributed by atoms with Crippen molar-refractivity contribution in [3.8, 4) is 50.8 Å². The van der Waals surface area contributed by atoms with Crippen molar-refractivity contribution in [3.63, 3.8) is 0 Å². The van der Waals surface area contributed by atoms with Crippen LogP contribution in [0.3, 0.4) is 0 Å². The molecule has 13 rings (SSSR count). The molecule has 0 fully saturated rings. The molecule has 0 saturated carbocycles. The van der Waals surface area contributed by atoms with Gasteiger partial charge in [0.2, 0.25) is 0 Å². The number of para-hydroxylation sites is 6. The third-order valence-corrected chi connectivity index (χ3v) is 12.2. The van der Waals surface area contributed by atoms with E-state index in [4.69, 9.17) is 4.74 Å². The third-order valence-electron chi connectivity index (χ3n) is 12.2. The Balaban J connectivity index is 0.870. The molecule has 1 aliphatic heterocycles. The van der Waals surface area contributed by atoms with Gasteiger partial charge < -0.3 is 18.4 Å². The van der Waals surface area contributed by atoms with E-state index in [1.165, 1.54) is 71.0 Å². The maximum atomic E-state index is 6.56. The molecule has 0 N–H and O–H groups in total. The van der Waals surface area contributed by atoms with E-state index in [-0.39, 0.29) is 0 Å². The Bertz CT molecular complexity index is 3580. The number of benzene rings is 9. The van der Waals surface area contributed by atoms with Crippen LogP contribution in [0.1, 0.15) is 0 Å². The first-order valence-corrected chi connectivity index (χ1v) is 19.8. The number of ether oxygens (including phenoxy) is 1. The second kappa shape index (κ2) is 11.8. The Hall–Kier alpha value is -7.82. The molecule has 0 spiro atoms. The molecular formula is C54H33N3O. The van der Waals surface area contributed by atoms with Crippen LogP contribution in [-0.4, -0.2) is 13.7 Å². The molecule has 58 heavy (non-hydrogen) atoms. The maximum Gasteiger partial charge on any atom is 0.152 e. The predicted octanol–water partition coefficient (Wildman–Crippen LogP) is 14.4. The van der Waals surface area contributed by atoms with Gasteiger partial charge in [-0.3, -0.25) is 0 Å². The molecule has 0 radical (unpaired) electrons. The first-order valence-electron chi connectivity index (χ1n) is 19.8. The minimum absolute atomic E-state index is 0.874. The molecule has 3 aromatic heterocycles. The fraction of sp³-hybridized carbons (Fsp3) is 0. The van der Waals surface area contributed by atoms with Crippen molar-refractivity contribution in [1.29, 1.82) is 0 Å². The summed E-state index contributed by atoms with van der Waals surface area (Å²) in [6.45, 7) is 0. The van der Waals surface area contributed by atoms with Gasteiger partial charge in [0.25, 0.3) is 0 Å². The van der Waals surface area contributed by atoms with Crippen LogP contribution in [0.15, 0.2) is 200 Å². The highest BCUT2D eigenvalue weighted by molar-refractivity contribution is 6.14. The van der Waals surface area contributed by atoms with Crippen LogP contribution in [-0.2, 0) is 0 Å². The summed E-state index contributed by atoms with van der Waals surface area (Å²) in [4.78, 5) is 0. The standard InChI is InChI=1S/C54H33N3O/c1-5-15-46-40(11-1)41-12-2-6-16-47(41)56(46)39-29-30-50-44(33-39)42-13-3-7-17-48(42)55(50)38-27-25-35(26-28-38)34-21-23-36(24-22-34)37-31-45-43-14-4-8-18-49(43)57-51-19-9-10-20-52(51)58-53(32-37)54(45)57/h1-33H. The second-order valence-electron chi connectivity index (χ2n) is 15.3. The van der Waals surface area contributed by atoms with E-state index in [0.29, 0.717) is 0 Å². The highest BCUT2D eigenvalue weighted by atomic mass is 16.5. The molecule has 0 atom stereocenters. The molecule has 270 valence electrons. The van der Waals surface area contributed by atoms with Gasteiger partial charge in [-0.05, 0) is 101 Å². The first-order chi connectivity index (χ1) is 28.8. The molecule has 4 nitrogen and oxygen atoms in total. The molecule has 0 aliphatic carbocycles. The van der Waals surface area contributed by atoms with Gasteiger partial charge in [-0.25, -0.2) is 0 Å². The summed E-state index contributed by atoms with van der Waals surface area (Å²) < 4.78 is 13.7. The molecule has 4 heterocycles. The Morgan fingerprint density at radius 1 is 0.276 bits per heavy atom. The number of aromatic nitrogens is 3. The van der Waals surface area contributed by atoms with Crippen molar-refractivity contribution in [1.82, 2.24) is 13.7 Å². The van der Waals surface area contributed by atoms with Crippen LogP contribution in [0.4, 0.5) is 0 Å². The molecule has 4 heteroatoms. The Morgan fingerprint density at radius 2 is 0.724 bits per heavy atom. The summed E-state index contributed by atoms with van der Waals surface area (Å²) in [6, 6.07) is 72.4. The van der Waals surface area contributed by atoms with Crippen LogP contribution in [0.5, 0.6) is 11.5 Å². The number of rotatable bonds is 4. The predicted molar refractivity (Wildman–Crippen MR) is 240 cm³/mol. The zero-order valence-corrected chi connectivity index (χ0v) is 31.3. The quantitative estimate of drug-likeness (QED) is 0.176. The van der Waals surface area contributed by atoms with Gasteiger partial charge >= 0.3 is 0 Å². The van der Waals surface area contributed by atoms with Crippen LogP contribution in [0, 0.1) is 0 Å². The van der Waals surface area contributed by atoms with E-state index in [1.54, 1.807) is 0 Å². The molecule has 12 aromatic rings. The highest BCUT2D eigenvalue weighted by Crippen LogP contribution is 2.47. The lowest BCUT2D eigenvalue weighted by Crippen LogP contribution is -2.03. The average molecular weight is 740 g/mol. The normalized spacial score (nSPS) is 12.3. The van der Waals surface area contributed by atoms with E-state index in [0.717, 1.165) is 45.2 Å². The summed E-state index contributed by atoms with van der Waals surface area (Å²) in [5.41, 5.74) is 15.2. The molecule has 0 saturated heterocycles. The van der Waals surface area contributed by atoms with Crippen molar-refractivity contribution in [3.05, 3.63) is 200 Å². The topological polar surface area (TPSA) is 24.0 Å². The maximum absolute atomic E-state index is 6.56. The zero-order valence-electron chi connectivity index (χ0n) is 31.3. The Labute approximate surface area is 333 Å². The first kappa shape index (κ1) is 31.4. The van der Waals surface area contributed by atoms with Crippen molar-refractivity contribution in [2.24, 2.45) is 0 Å². The molecule has 0 amide bonds. The van der Waals surface area contributed by atoms with Crippen LogP contribution in [0.25, 0.3) is 105 Å². The van der Waals surface area contributed by atoms with Crippen molar-refractivity contribution in [2.45, 2.75) is 0 Å². The zero-order chi connectivity index (χ0) is 37.9. The van der Waals surface area contributed by atoms with Gasteiger partial charge in [-0.1, -0.05) is 121 Å². The van der Waals surface area contributed by atoms with Crippen LogP contribution < -0.4 is 4.74 Å². The number of hydrogen-bond acceptors (Lipinski definition) is 1. The van der Waals surface area contributed by atoms with Crippen LogP contribution >= 0.6 is 0 Å². The van der Waals surface area contributed by atoms with E-state index >= 15 is 0 Å². The Kier molecular flexibility index (Phi) is 6.41. The lowest BCUT2D eigenvalue weighted by Gasteiger charge is -2.21. The van der Waals surface area contributed by atoms with Gasteiger partial charge in [0.05, 0.1) is 38.8 Å². The number of hydrogen-bond donors (Lipinski definition) is 0. The summed E-state index contributed by atoms with van der Waals surface area (Å²) in [6.07, 6.45) is 0. The number of fused-ring (bicyclic) bond motifs is 11. The fourth-order valence-electron chi connectivity index (χ4n) is 9.64. The van der Waals surface area contributed by atoms with Gasteiger partial charge in [0, 0.05) is 43.7 Å². The van der Waals surface area contributed by atoms with Crippen LogP contribution in [0.2, 0.25) is 0 Å². The lowest BCUT2D eigenvalue weighted by molar-refractivity contribution is 0.476. The molecule has 9 aromatic carbocycles. The van der Waals surface area contributed by atoms with Crippen molar-refractivity contribution in [2.75, 3.05) is 0 Å². The average Bonchev–Trinajstić information content (AvgIpc) is 3.93. The van der Waals surface area contributed by atoms with Gasteiger partial charge in [-0.2, -0.15) is 0 Å². The van der Waals surface area contributed by atoms with Gasteiger partial charge in [-0.15, -0.1) is 0 Å². The summed E-state index contributed by atoms with van der Waals surface area (Å²) >= 11 is 0. The lowest BCUT2D eigenvalue weighted by atomic mass is 9.98. The summed E-state index contributed by atoms with van der Waals surface area (Å²) in [7, 11) is 0. The van der Waals surface area contributed by atoms with Gasteiger partial charge in [0.15, 0.2) is 11.5 Å². The van der Waals surface area contributed by atoms with Crippen molar-refractivity contribution >= 4 is 65.4 Å². The SMILES string of the molecule is c1ccc2c(c1)Oc1cc(-c3ccc(-c4ccc(-n5c6ccccc6c6cc(-n7c8ccccc8c8ccccc87)ccc65)cc4)cc3)cc3c4ccccc4n-2c13.